The summed E-state index contributed by atoms with van der Waals surface area (Å²) in [5, 5.41) is 3.07. The fourth-order valence-corrected chi connectivity index (χ4v) is 2.50. The first kappa shape index (κ1) is 19.4. The number of alkyl halides is 3. The topological polar surface area (TPSA) is 73.2 Å². The van der Waals surface area contributed by atoms with E-state index in [4.69, 9.17) is 0 Å². The van der Waals surface area contributed by atoms with Crippen LogP contribution in [0.15, 0.2) is 59.7 Å². The highest BCUT2D eigenvalue weighted by atomic mass is 19.4. The molecule has 0 spiro atoms. The van der Waals surface area contributed by atoms with Gasteiger partial charge in [-0.05, 0) is 29.8 Å². The third-order valence-corrected chi connectivity index (χ3v) is 3.86. The number of para-hydroxylation sites is 1. The number of fused-ring (bicyclic) bond motifs is 1. The molecule has 9 heteroatoms. The summed E-state index contributed by atoms with van der Waals surface area (Å²) in [5.74, 6) is -0.308. The van der Waals surface area contributed by atoms with E-state index in [1.807, 2.05) is 0 Å². The predicted octanol–water partition coefficient (Wildman–Crippen LogP) is 2.65. The number of nitrogens with one attached hydrogen (secondary N) is 1. The van der Waals surface area contributed by atoms with E-state index in [-0.39, 0.29) is 24.4 Å². The average Bonchev–Trinajstić information content (AvgIpc) is 2.67. The summed E-state index contributed by atoms with van der Waals surface area (Å²) < 4.78 is 42.2. The van der Waals surface area contributed by atoms with Crippen LogP contribution < -0.4 is 15.6 Å². The molecular formula is C19H16F3N3O3. The van der Waals surface area contributed by atoms with Gasteiger partial charge in [0, 0.05) is 6.54 Å². The Labute approximate surface area is 157 Å². The summed E-state index contributed by atoms with van der Waals surface area (Å²) in [6.45, 7) is -1.39. The number of nitrogens with zero attached hydrogens (tertiary/aromatic N) is 2. The van der Waals surface area contributed by atoms with Crippen molar-refractivity contribution in [3.05, 3.63) is 70.8 Å². The molecule has 1 aromatic heterocycles. The minimum Gasteiger partial charge on any atom is -0.484 e. The largest absolute Gasteiger partial charge is 0.484 e. The molecule has 0 saturated heterocycles. The summed E-state index contributed by atoms with van der Waals surface area (Å²) in [5.41, 5.74) is 0.917. The van der Waals surface area contributed by atoms with Gasteiger partial charge < -0.3 is 10.1 Å². The zero-order valence-corrected chi connectivity index (χ0v) is 14.6. The van der Waals surface area contributed by atoms with Crippen molar-refractivity contribution in [2.24, 2.45) is 0 Å². The normalized spacial score (nSPS) is 11.4. The van der Waals surface area contributed by atoms with E-state index in [2.05, 4.69) is 15.0 Å². The number of amides is 1. The molecule has 3 rings (SSSR count). The minimum absolute atomic E-state index is 0.0844. The van der Waals surface area contributed by atoms with Crippen molar-refractivity contribution in [1.29, 1.82) is 0 Å². The number of ether oxygens (including phenoxy) is 1. The summed E-state index contributed by atoms with van der Waals surface area (Å²) >= 11 is 0. The van der Waals surface area contributed by atoms with Crippen molar-refractivity contribution in [2.75, 3.05) is 6.61 Å². The quantitative estimate of drug-likeness (QED) is 0.701. The zero-order chi connectivity index (χ0) is 20.1. The Kier molecular flexibility index (Phi) is 5.62. The SMILES string of the molecule is O=C(Cn1cnc2ccccc2c1=O)NCc1ccc(OCC(F)(F)F)cc1. The van der Waals surface area contributed by atoms with Crippen LogP contribution in [0.5, 0.6) is 5.75 Å². The number of carbonyl (C=O) groups is 1. The summed E-state index contributed by atoms with van der Waals surface area (Å²) in [4.78, 5) is 28.6. The average molecular weight is 391 g/mol. The van der Waals surface area contributed by atoms with Gasteiger partial charge in [-0.2, -0.15) is 13.2 Å². The molecule has 0 aliphatic heterocycles. The van der Waals surface area contributed by atoms with Crippen LogP contribution in [0.2, 0.25) is 0 Å². The second-order valence-electron chi connectivity index (χ2n) is 6.02. The molecular weight excluding hydrogens is 375 g/mol. The predicted molar refractivity (Wildman–Crippen MR) is 95.8 cm³/mol. The van der Waals surface area contributed by atoms with Gasteiger partial charge in [0.1, 0.15) is 12.3 Å². The van der Waals surface area contributed by atoms with E-state index in [0.717, 1.165) is 0 Å². The van der Waals surface area contributed by atoms with Crippen LogP contribution in [0.1, 0.15) is 5.56 Å². The van der Waals surface area contributed by atoms with Crippen LogP contribution in [-0.2, 0) is 17.9 Å². The van der Waals surface area contributed by atoms with Gasteiger partial charge in [0.15, 0.2) is 6.61 Å². The molecule has 0 bridgehead atoms. The van der Waals surface area contributed by atoms with Crippen LogP contribution in [0.25, 0.3) is 10.9 Å². The van der Waals surface area contributed by atoms with E-state index in [0.29, 0.717) is 16.5 Å². The molecule has 0 atom stereocenters. The van der Waals surface area contributed by atoms with Crippen molar-refractivity contribution in [2.45, 2.75) is 19.3 Å². The molecule has 0 aliphatic carbocycles. The van der Waals surface area contributed by atoms with Crippen molar-refractivity contribution >= 4 is 16.8 Å². The lowest BCUT2D eigenvalue weighted by atomic mass is 10.2. The van der Waals surface area contributed by atoms with E-state index in [1.54, 1.807) is 36.4 Å². The number of benzene rings is 2. The smallest absolute Gasteiger partial charge is 0.422 e. The molecule has 1 N–H and O–H groups in total. The van der Waals surface area contributed by atoms with Crippen LogP contribution >= 0.6 is 0 Å². The molecule has 28 heavy (non-hydrogen) atoms. The maximum atomic E-state index is 12.4. The molecule has 6 nitrogen and oxygen atoms in total. The van der Waals surface area contributed by atoms with Gasteiger partial charge in [0.05, 0.1) is 17.2 Å². The van der Waals surface area contributed by atoms with E-state index in [1.165, 1.54) is 23.0 Å². The molecule has 3 aromatic rings. The Balaban J connectivity index is 1.56. The first-order valence-electron chi connectivity index (χ1n) is 8.31. The van der Waals surface area contributed by atoms with Crippen molar-refractivity contribution < 1.29 is 22.7 Å². The van der Waals surface area contributed by atoms with Crippen molar-refractivity contribution in [1.82, 2.24) is 14.9 Å². The second kappa shape index (κ2) is 8.12. The zero-order valence-electron chi connectivity index (χ0n) is 14.6. The summed E-state index contributed by atoms with van der Waals surface area (Å²) in [6.07, 6.45) is -3.08. The number of aromatic nitrogens is 2. The lowest BCUT2D eigenvalue weighted by Gasteiger charge is -2.10. The Morgan fingerprint density at radius 2 is 1.82 bits per heavy atom. The fourth-order valence-electron chi connectivity index (χ4n) is 2.50. The van der Waals surface area contributed by atoms with Crippen LogP contribution in [-0.4, -0.2) is 28.2 Å². The van der Waals surface area contributed by atoms with E-state index in [9.17, 15) is 22.8 Å². The Morgan fingerprint density at radius 3 is 2.54 bits per heavy atom. The minimum atomic E-state index is -4.40. The Morgan fingerprint density at radius 1 is 1.11 bits per heavy atom. The molecule has 0 saturated carbocycles. The Hall–Kier alpha value is -3.36. The van der Waals surface area contributed by atoms with Crippen molar-refractivity contribution in [3.63, 3.8) is 0 Å². The van der Waals surface area contributed by atoms with Gasteiger partial charge in [-0.3, -0.25) is 14.2 Å². The maximum Gasteiger partial charge on any atom is 0.422 e. The molecule has 1 amide bonds. The van der Waals surface area contributed by atoms with E-state index < -0.39 is 18.7 Å². The van der Waals surface area contributed by atoms with Gasteiger partial charge in [0.25, 0.3) is 5.56 Å². The van der Waals surface area contributed by atoms with Crippen LogP contribution in [0.3, 0.4) is 0 Å². The van der Waals surface area contributed by atoms with Gasteiger partial charge in [-0.1, -0.05) is 24.3 Å². The summed E-state index contributed by atoms with van der Waals surface area (Å²) in [7, 11) is 0. The second-order valence-corrected chi connectivity index (χ2v) is 6.02. The van der Waals surface area contributed by atoms with Gasteiger partial charge in [0.2, 0.25) is 5.91 Å². The number of rotatable bonds is 6. The Bertz CT molecular complexity index is 1030. The highest BCUT2D eigenvalue weighted by Crippen LogP contribution is 2.18. The third kappa shape index (κ3) is 5.09. The third-order valence-electron chi connectivity index (χ3n) is 3.86. The number of carbonyl (C=O) groups excluding carboxylic acids is 1. The molecule has 0 radical (unpaired) electrons. The van der Waals surface area contributed by atoms with Gasteiger partial charge in [-0.25, -0.2) is 4.98 Å². The number of hydrogen-bond donors (Lipinski definition) is 1. The lowest BCUT2D eigenvalue weighted by Crippen LogP contribution is -2.32. The van der Waals surface area contributed by atoms with Crippen molar-refractivity contribution in [3.8, 4) is 5.75 Å². The molecule has 0 fully saturated rings. The summed E-state index contributed by atoms with van der Waals surface area (Å²) in [6, 6.07) is 12.7. The standard InChI is InChI=1S/C19H16F3N3O3/c20-19(21,22)11-28-14-7-5-13(6-8-14)9-23-17(26)10-25-12-24-16-4-2-1-3-15(16)18(25)27/h1-8,12H,9-11H2,(H,23,26). The van der Waals surface area contributed by atoms with Crippen LogP contribution in [0, 0.1) is 0 Å². The molecule has 2 aromatic carbocycles. The lowest BCUT2D eigenvalue weighted by molar-refractivity contribution is -0.153. The molecule has 146 valence electrons. The monoisotopic (exact) mass is 391 g/mol. The first-order valence-corrected chi connectivity index (χ1v) is 8.31. The van der Waals surface area contributed by atoms with Gasteiger partial charge in [-0.15, -0.1) is 0 Å². The first-order chi connectivity index (χ1) is 13.3. The molecule has 1 heterocycles. The van der Waals surface area contributed by atoms with E-state index >= 15 is 0 Å². The fraction of sp³-hybridized carbons (Fsp3) is 0.211. The number of hydrogen-bond acceptors (Lipinski definition) is 4. The molecule has 0 unspecified atom stereocenters. The highest BCUT2D eigenvalue weighted by molar-refractivity contribution is 5.78. The van der Waals surface area contributed by atoms with Gasteiger partial charge >= 0.3 is 6.18 Å². The van der Waals surface area contributed by atoms with Crippen LogP contribution in [0.4, 0.5) is 13.2 Å². The molecule has 0 aliphatic rings. The highest BCUT2D eigenvalue weighted by Gasteiger charge is 2.28. The maximum absolute atomic E-state index is 12.4. The number of halogens is 3.